The summed E-state index contributed by atoms with van der Waals surface area (Å²) in [5.41, 5.74) is 16.6. The van der Waals surface area contributed by atoms with E-state index in [4.69, 9.17) is 4.42 Å². The molecule has 10 aromatic carbocycles. The summed E-state index contributed by atoms with van der Waals surface area (Å²) in [6.07, 6.45) is 0. The number of furan rings is 1. The quantitative estimate of drug-likeness (QED) is 0.153. The van der Waals surface area contributed by atoms with Crippen molar-refractivity contribution in [1.29, 1.82) is 0 Å². The van der Waals surface area contributed by atoms with E-state index in [0.29, 0.717) is 0 Å². The number of hydrogen-bond acceptors (Lipinski definition) is 2. The topological polar surface area (TPSA) is 16.4 Å². The average Bonchev–Trinajstić information content (AvgIpc) is 3.72. The monoisotopic (exact) mass is 765 g/mol. The van der Waals surface area contributed by atoms with Crippen LogP contribution in [0.4, 0.5) is 17.1 Å². The Balaban J connectivity index is 1.09. The second kappa shape index (κ2) is 15.1. The largest absolute Gasteiger partial charge is 0.454 e. The predicted octanol–water partition coefficient (Wildman–Crippen LogP) is 16.5. The molecule has 2 nitrogen and oxygen atoms in total. The Morgan fingerprint density at radius 1 is 0.300 bits per heavy atom. The van der Waals surface area contributed by atoms with Crippen molar-refractivity contribution in [2.24, 2.45) is 0 Å². The Morgan fingerprint density at radius 3 is 1.62 bits per heavy atom. The summed E-state index contributed by atoms with van der Waals surface area (Å²) in [5.74, 6) is 0. The first-order valence-corrected chi connectivity index (χ1v) is 20.5. The van der Waals surface area contributed by atoms with Gasteiger partial charge < -0.3 is 9.32 Å². The minimum absolute atomic E-state index is 0.856. The van der Waals surface area contributed by atoms with E-state index < -0.39 is 0 Å². The number of fused-ring (bicyclic) bond motifs is 4. The summed E-state index contributed by atoms with van der Waals surface area (Å²) in [7, 11) is 0. The van der Waals surface area contributed by atoms with E-state index >= 15 is 0 Å². The van der Waals surface area contributed by atoms with E-state index in [2.05, 4.69) is 235 Å². The minimum Gasteiger partial charge on any atom is -0.454 e. The third-order valence-corrected chi connectivity index (χ3v) is 11.7. The molecule has 11 rings (SSSR count). The highest BCUT2D eigenvalue weighted by molar-refractivity contribution is 6.10. The van der Waals surface area contributed by atoms with Crippen LogP contribution in [0.5, 0.6) is 0 Å². The van der Waals surface area contributed by atoms with Crippen LogP contribution >= 0.6 is 0 Å². The number of benzene rings is 10. The summed E-state index contributed by atoms with van der Waals surface area (Å²) in [6.45, 7) is 0. The van der Waals surface area contributed by atoms with Gasteiger partial charge in [-0.3, -0.25) is 0 Å². The first-order chi connectivity index (χ1) is 29.8. The van der Waals surface area contributed by atoms with Gasteiger partial charge in [0.15, 0.2) is 5.58 Å². The molecular weight excluding hydrogens is 727 g/mol. The van der Waals surface area contributed by atoms with E-state index in [1.807, 2.05) is 6.07 Å². The minimum atomic E-state index is 0.856. The van der Waals surface area contributed by atoms with Gasteiger partial charge in [-0.05, 0) is 109 Å². The van der Waals surface area contributed by atoms with Crippen LogP contribution in [0.25, 0.3) is 88.3 Å². The molecule has 0 aliphatic carbocycles. The molecule has 0 saturated carbocycles. The van der Waals surface area contributed by atoms with Crippen molar-refractivity contribution in [1.82, 2.24) is 0 Å². The van der Waals surface area contributed by atoms with Crippen molar-refractivity contribution in [2.75, 3.05) is 4.90 Å². The summed E-state index contributed by atoms with van der Waals surface area (Å²) in [6, 6.07) is 84.9. The van der Waals surface area contributed by atoms with E-state index in [1.165, 1.54) is 55.3 Å². The molecule has 1 heterocycles. The standard InChI is InChI=1S/C58H39NO/c1-3-17-41(18-4-1)49-24-9-10-26-53(49)57-50(42-19-5-2-6-20-42)27-14-28-51(57)43-34-36-47(37-35-43)59(55-30-15-29-54-52-25-11-12-31-56(52)60-58(54)55)48-23-13-22-45(39-48)46-33-32-40-16-7-8-21-44(40)38-46/h1-39H. The fourth-order valence-electron chi connectivity index (χ4n) is 8.83. The highest BCUT2D eigenvalue weighted by Gasteiger charge is 2.22. The smallest absolute Gasteiger partial charge is 0.159 e. The third-order valence-electron chi connectivity index (χ3n) is 11.7. The van der Waals surface area contributed by atoms with Crippen molar-refractivity contribution in [3.8, 4) is 55.6 Å². The molecule has 2 heteroatoms. The number of rotatable bonds is 8. The van der Waals surface area contributed by atoms with Crippen molar-refractivity contribution >= 4 is 49.8 Å². The second-order valence-corrected chi connectivity index (χ2v) is 15.3. The van der Waals surface area contributed by atoms with Gasteiger partial charge >= 0.3 is 0 Å². The molecule has 0 atom stereocenters. The van der Waals surface area contributed by atoms with Crippen LogP contribution in [0.1, 0.15) is 0 Å². The molecule has 0 amide bonds. The van der Waals surface area contributed by atoms with E-state index in [1.54, 1.807) is 0 Å². The van der Waals surface area contributed by atoms with Gasteiger partial charge in [0.25, 0.3) is 0 Å². The lowest BCUT2D eigenvalue weighted by Crippen LogP contribution is -2.10. The molecule has 0 aliphatic rings. The first-order valence-electron chi connectivity index (χ1n) is 20.5. The summed E-state index contributed by atoms with van der Waals surface area (Å²) in [5, 5.41) is 4.66. The lowest BCUT2D eigenvalue weighted by Gasteiger charge is -2.26. The lowest BCUT2D eigenvalue weighted by molar-refractivity contribution is 0.669. The number of para-hydroxylation sites is 2. The Labute approximate surface area is 349 Å². The zero-order chi connectivity index (χ0) is 39.8. The van der Waals surface area contributed by atoms with Crippen LogP contribution in [0.2, 0.25) is 0 Å². The Bertz CT molecular complexity index is 3310. The van der Waals surface area contributed by atoms with Gasteiger partial charge in [-0.25, -0.2) is 0 Å². The van der Waals surface area contributed by atoms with Crippen molar-refractivity contribution < 1.29 is 4.42 Å². The fourth-order valence-corrected chi connectivity index (χ4v) is 8.83. The molecule has 0 radical (unpaired) electrons. The van der Waals surface area contributed by atoms with Crippen molar-refractivity contribution in [3.05, 3.63) is 237 Å². The van der Waals surface area contributed by atoms with Gasteiger partial charge in [-0.1, -0.05) is 194 Å². The normalized spacial score (nSPS) is 11.3. The van der Waals surface area contributed by atoms with E-state index in [9.17, 15) is 0 Å². The van der Waals surface area contributed by atoms with Gasteiger partial charge in [0.05, 0.1) is 5.69 Å². The maximum absolute atomic E-state index is 6.69. The Kier molecular flexibility index (Phi) is 8.87. The van der Waals surface area contributed by atoms with Gasteiger partial charge in [0, 0.05) is 22.1 Å². The van der Waals surface area contributed by atoms with Gasteiger partial charge in [-0.2, -0.15) is 0 Å². The summed E-state index contributed by atoms with van der Waals surface area (Å²) >= 11 is 0. The van der Waals surface area contributed by atoms with Gasteiger partial charge in [0.2, 0.25) is 0 Å². The molecular formula is C58H39NO. The number of hydrogen-bond donors (Lipinski definition) is 0. The Hall–Kier alpha value is -7.94. The molecule has 0 fully saturated rings. The van der Waals surface area contributed by atoms with E-state index in [0.717, 1.165) is 50.1 Å². The molecule has 11 aromatic rings. The maximum Gasteiger partial charge on any atom is 0.159 e. The third kappa shape index (κ3) is 6.32. The zero-order valence-electron chi connectivity index (χ0n) is 32.9. The highest BCUT2D eigenvalue weighted by atomic mass is 16.3. The summed E-state index contributed by atoms with van der Waals surface area (Å²) in [4.78, 5) is 2.34. The van der Waals surface area contributed by atoms with Crippen molar-refractivity contribution in [2.45, 2.75) is 0 Å². The highest BCUT2D eigenvalue weighted by Crippen LogP contribution is 2.46. The molecule has 60 heavy (non-hydrogen) atoms. The molecule has 0 saturated heterocycles. The molecule has 0 bridgehead atoms. The number of anilines is 3. The SMILES string of the molecule is c1ccc(-c2ccccc2-c2c(-c3ccccc3)cccc2-c2ccc(N(c3cccc(-c4ccc5ccccc5c4)c3)c3cccc4c3oc3ccccc34)cc2)cc1. The van der Waals surface area contributed by atoms with Crippen LogP contribution in [0.15, 0.2) is 241 Å². The van der Waals surface area contributed by atoms with Crippen LogP contribution < -0.4 is 4.90 Å². The molecule has 0 unspecified atom stereocenters. The lowest BCUT2D eigenvalue weighted by atomic mass is 9.84. The van der Waals surface area contributed by atoms with E-state index in [-0.39, 0.29) is 0 Å². The zero-order valence-corrected chi connectivity index (χ0v) is 32.9. The van der Waals surface area contributed by atoms with Crippen LogP contribution in [0, 0.1) is 0 Å². The van der Waals surface area contributed by atoms with Crippen LogP contribution in [-0.4, -0.2) is 0 Å². The predicted molar refractivity (Wildman–Crippen MR) is 253 cm³/mol. The Morgan fingerprint density at radius 2 is 0.833 bits per heavy atom. The first kappa shape index (κ1) is 35.2. The molecule has 0 spiro atoms. The second-order valence-electron chi connectivity index (χ2n) is 15.3. The fraction of sp³-hybridized carbons (Fsp3) is 0. The molecule has 0 aliphatic heterocycles. The molecule has 1 aromatic heterocycles. The van der Waals surface area contributed by atoms with Crippen molar-refractivity contribution in [3.63, 3.8) is 0 Å². The van der Waals surface area contributed by atoms with Crippen LogP contribution in [-0.2, 0) is 0 Å². The van der Waals surface area contributed by atoms with Crippen LogP contribution in [0.3, 0.4) is 0 Å². The molecule has 0 N–H and O–H groups in total. The average molecular weight is 766 g/mol. The maximum atomic E-state index is 6.69. The number of nitrogens with zero attached hydrogens (tertiary/aromatic N) is 1. The summed E-state index contributed by atoms with van der Waals surface area (Å²) < 4.78 is 6.69. The van der Waals surface area contributed by atoms with Gasteiger partial charge in [0.1, 0.15) is 5.58 Å². The molecule has 282 valence electrons. The van der Waals surface area contributed by atoms with Gasteiger partial charge in [-0.15, -0.1) is 0 Å².